The lowest BCUT2D eigenvalue weighted by Crippen LogP contribution is -2.21. The number of hydrogen-bond acceptors (Lipinski definition) is 6. The molecule has 1 aromatic carbocycles. The van der Waals surface area contributed by atoms with Crippen molar-refractivity contribution in [3.8, 4) is 11.5 Å². The maximum atomic E-state index is 12.0. The molecule has 0 radical (unpaired) electrons. The predicted octanol–water partition coefficient (Wildman–Crippen LogP) is 1.70. The maximum absolute atomic E-state index is 12.0. The molecule has 2 rings (SSSR count). The van der Waals surface area contributed by atoms with Gasteiger partial charge in [0, 0.05) is 26.7 Å². The second-order valence-corrected chi connectivity index (χ2v) is 4.35. The van der Waals surface area contributed by atoms with Gasteiger partial charge in [-0.3, -0.25) is 19.2 Å². The fourth-order valence-corrected chi connectivity index (χ4v) is 2.07. The van der Waals surface area contributed by atoms with Crippen molar-refractivity contribution >= 4 is 23.5 Å². The van der Waals surface area contributed by atoms with Crippen LogP contribution in [0.15, 0.2) is 12.1 Å². The van der Waals surface area contributed by atoms with Gasteiger partial charge >= 0.3 is 11.9 Å². The van der Waals surface area contributed by atoms with Gasteiger partial charge in [-0.05, 0) is 12.1 Å². The molecule has 0 saturated carbocycles. The number of benzene rings is 1. The van der Waals surface area contributed by atoms with Crippen LogP contribution in [0.4, 0.5) is 0 Å². The maximum Gasteiger partial charge on any atom is 0.308 e. The van der Waals surface area contributed by atoms with Crippen molar-refractivity contribution in [3.05, 3.63) is 23.3 Å². The summed E-state index contributed by atoms with van der Waals surface area (Å²) in [6.07, 6.45) is 0.0905. The Balaban J connectivity index is 2.63. The Morgan fingerprint density at radius 3 is 1.50 bits per heavy atom. The second kappa shape index (κ2) is 5.24. The van der Waals surface area contributed by atoms with Crippen LogP contribution >= 0.6 is 0 Å². The summed E-state index contributed by atoms with van der Waals surface area (Å²) in [6, 6.07) is 2.68. The lowest BCUT2D eigenvalue weighted by molar-refractivity contribution is -0.133. The van der Waals surface area contributed by atoms with Crippen molar-refractivity contribution in [2.75, 3.05) is 0 Å². The van der Waals surface area contributed by atoms with Crippen molar-refractivity contribution in [2.45, 2.75) is 26.7 Å². The van der Waals surface area contributed by atoms with Crippen molar-refractivity contribution in [3.63, 3.8) is 0 Å². The largest absolute Gasteiger partial charge is 0.426 e. The minimum Gasteiger partial charge on any atom is -0.426 e. The normalized spacial score (nSPS) is 13.7. The average molecular weight is 276 g/mol. The number of esters is 2. The second-order valence-electron chi connectivity index (χ2n) is 4.35. The molecule has 0 saturated heterocycles. The van der Waals surface area contributed by atoms with E-state index in [1.54, 1.807) is 0 Å². The van der Waals surface area contributed by atoms with Crippen molar-refractivity contribution < 1.29 is 28.7 Å². The van der Waals surface area contributed by atoms with Gasteiger partial charge in [-0.15, -0.1) is 0 Å². The van der Waals surface area contributed by atoms with Crippen LogP contribution in [0.1, 0.15) is 47.4 Å². The van der Waals surface area contributed by atoms with Crippen LogP contribution in [0.2, 0.25) is 0 Å². The third-order valence-corrected chi connectivity index (χ3v) is 2.77. The molecule has 20 heavy (non-hydrogen) atoms. The van der Waals surface area contributed by atoms with Gasteiger partial charge in [0.15, 0.2) is 11.6 Å². The van der Waals surface area contributed by atoms with E-state index in [1.165, 1.54) is 26.0 Å². The summed E-state index contributed by atoms with van der Waals surface area (Å²) >= 11 is 0. The van der Waals surface area contributed by atoms with E-state index in [2.05, 4.69) is 0 Å². The number of rotatable bonds is 2. The first-order chi connectivity index (χ1) is 9.40. The first-order valence-corrected chi connectivity index (χ1v) is 6.00. The van der Waals surface area contributed by atoms with Crippen LogP contribution < -0.4 is 9.47 Å². The van der Waals surface area contributed by atoms with Crippen LogP contribution in [0.3, 0.4) is 0 Å². The van der Waals surface area contributed by atoms with Gasteiger partial charge < -0.3 is 9.47 Å². The van der Waals surface area contributed by atoms with Crippen LogP contribution in [-0.2, 0) is 9.59 Å². The molecule has 0 unspecified atom stereocenters. The van der Waals surface area contributed by atoms with Crippen LogP contribution in [0.25, 0.3) is 0 Å². The molecular formula is C14H12O6. The molecule has 0 amide bonds. The zero-order valence-electron chi connectivity index (χ0n) is 11.0. The molecule has 6 heteroatoms. The number of Topliss-reactive ketones (excluding diaryl/α,β-unsaturated/α-hetero) is 2. The summed E-state index contributed by atoms with van der Waals surface area (Å²) in [5, 5.41) is 0. The molecule has 0 fully saturated rings. The predicted molar refractivity (Wildman–Crippen MR) is 67.0 cm³/mol. The monoisotopic (exact) mass is 276 g/mol. The lowest BCUT2D eigenvalue weighted by Gasteiger charge is -2.19. The quantitative estimate of drug-likeness (QED) is 0.603. The highest BCUT2D eigenvalue weighted by Crippen LogP contribution is 2.36. The molecular weight excluding hydrogens is 264 g/mol. The molecule has 1 aliphatic carbocycles. The molecule has 104 valence electrons. The first kappa shape index (κ1) is 13.9. The molecule has 0 aliphatic heterocycles. The molecule has 0 spiro atoms. The summed E-state index contributed by atoms with van der Waals surface area (Å²) in [5.41, 5.74) is 0.0189. The number of fused-ring (bicyclic) bond motifs is 1. The molecule has 0 aromatic heterocycles. The third kappa shape index (κ3) is 2.59. The molecule has 0 bridgehead atoms. The van der Waals surface area contributed by atoms with Gasteiger partial charge in [-0.25, -0.2) is 0 Å². The van der Waals surface area contributed by atoms with Gasteiger partial charge in [0.05, 0.1) is 11.1 Å². The van der Waals surface area contributed by atoms with Crippen molar-refractivity contribution in [1.29, 1.82) is 0 Å². The topological polar surface area (TPSA) is 86.7 Å². The first-order valence-electron chi connectivity index (χ1n) is 6.00. The zero-order valence-corrected chi connectivity index (χ0v) is 11.0. The Labute approximate surface area is 114 Å². The molecule has 1 aromatic rings. The Morgan fingerprint density at radius 2 is 1.20 bits per heavy atom. The smallest absolute Gasteiger partial charge is 0.308 e. The van der Waals surface area contributed by atoms with Gasteiger partial charge in [-0.1, -0.05) is 0 Å². The van der Waals surface area contributed by atoms with Gasteiger partial charge in [0.1, 0.15) is 11.5 Å². The summed E-state index contributed by atoms with van der Waals surface area (Å²) in [6.45, 7) is 2.39. The highest BCUT2D eigenvalue weighted by molar-refractivity contribution is 6.17. The lowest BCUT2D eigenvalue weighted by atomic mass is 9.88. The van der Waals surface area contributed by atoms with E-state index >= 15 is 0 Å². The molecule has 0 heterocycles. The van der Waals surface area contributed by atoms with Crippen LogP contribution in [-0.4, -0.2) is 23.5 Å². The SMILES string of the molecule is CC(=O)Oc1ccc(OC(C)=O)c2c1C(=O)CCC2=O. The Bertz CT molecular complexity index is 574. The van der Waals surface area contributed by atoms with Gasteiger partial charge in [0.2, 0.25) is 0 Å². The van der Waals surface area contributed by atoms with Crippen molar-refractivity contribution in [1.82, 2.24) is 0 Å². The molecule has 1 aliphatic rings. The van der Waals surface area contributed by atoms with E-state index in [0.717, 1.165) is 0 Å². The zero-order chi connectivity index (χ0) is 14.9. The number of hydrogen-bond donors (Lipinski definition) is 0. The van der Waals surface area contributed by atoms with Crippen LogP contribution in [0, 0.1) is 0 Å². The number of carbonyl (C=O) groups excluding carboxylic acids is 4. The van der Waals surface area contributed by atoms with Gasteiger partial charge in [0.25, 0.3) is 0 Å². The number of ether oxygens (including phenoxy) is 2. The van der Waals surface area contributed by atoms with E-state index in [0.29, 0.717) is 0 Å². The molecule has 0 atom stereocenters. The highest BCUT2D eigenvalue weighted by Gasteiger charge is 2.31. The standard InChI is InChI=1S/C14H12O6/c1-7(15)19-11-5-6-12(20-8(2)16)14-10(18)4-3-9(17)13(11)14/h5-6H,3-4H2,1-2H3. The minimum atomic E-state index is -0.599. The Hall–Kier alpha value is -2.50. The fourth-order valence-electron chi connectivity index (χ4n) is 2.07. The molecule has 6 nitrogen and oxygen atoms in total. The van der Waals surface area contributed by atoms with E-state index < -0.39 is 11.9 Å². The summed E-state index contributed by atoms with van der Waals surface area (Å²) in [7, 11) is 0. The fraction of sp³-hybridized carbons (Fsp3) is 0.286. The molecule has 0 N–H and O–H groups in total. The van der Waals surface area contributed by atoms with Gasteiger partial charge in [-0.2, -0.15) is 0 Å². The highest BCUT2D eigenvalue weighted by atomic mass is 16.5. The summed E-state index contributed by atoms with van der Waals surface area (Å²) in [4.78, 5) is 46.1. The van der Waals surface area contributed by atoms with E-state index in [-0.39, 0.29) is 47.0 Å². The van der Waals surface area contributed by atoms with E-state index in [4.69, 9.17) is 9.47 Å². The van der Waals surface area contributed by atoms with E-state index in [9.17, 15) is 19.2 Å². The van der Waals surface area contributed by atoms with Crippen molar-refractivity contribution in [2.24, 2.45) is 0 Å². The minimum absolute atomic E-state index is 0.00944. The number of ketones is 2. The Kier molecular flexibility index (Phi) is 3.65. The number of carbonyl (C=O) groups is 4. The van der Waals surface area contributed by atoms with Crippen LogP contribution in [0.5, 0.6) is 11.5 Å². The summed E-state index contributed by atoms with van der Waals surface area (Å²) < 4.78 is 9.88. The Morgan fingerprint density at radius 1 is 0.850 bits per heavy atom. The summed E-state index contributed by atoms with van der Waals surface area (Å²) in [5.74, 6) is -1.80. The third-order valence-electron chi connectivity index (χ3n) is 2.77. The van der Waals surface area contributed by atoms with E-state index in [1.807, 2.05) is 0 Å². The average Bonchev–Trinajstić information content (AvgIpc) is 2.34.